The van der Waals surface area contributed by atoms with Crippen molar-refractivity contribution in [2.45, 2.75) is 49.7 Å². The molecule has 174 valence electrons. The minimum atomic E-state index is -0.674. The van der Waals surface area contributed by atoms with Gasteiger partial charge in [0.15, 0.2) is 5.60 Å². The van der Waals surface area contributed by atoms with Crippen LogP contribution in [0.2, 0.25) is 0 Å². The molecule has 0 N–H and O–H groups in total. The molecule has 33 heavy (non-hydrogen) atoms. The van der Waals surface area contributed by atoms with Gasteiger partial charge in [0, 0.05) is 19.5 Å². The second-order valence-electron chi connectivity index (χ2n) is 9.53. The third-order valence-electron chi connectivity index (χ3n) is 7.44. The van der Waals surface area contributed by atoms with Gasteiger partial charge in [0.25, 0.3) is 0 Å². The summed E-state index contributed by atoms with van der Waals surface area (Å²) in [5.74, 6) is 0.607. The van der Waals surface area contributed by atoms with Gasteiger partial charge in [-0.05, 0) is 48.2 Å². The predicted octanol–water partition coefficient (Wildman–Crippen LogP) is 4.27. The van der Waals surface area contributed by atoms with E-state index >= 15 is 0 Å². The van der Waals surface area contributed by atoms with Gasteiger partial charge in [0.2, 0.25) is 5.91 Å². The second-order valence-corrected chi connectivity index (χ2v) is 9.53. The van der Waals surface area contributed by atoms with Crippen molar-refractivity contribution in [1.29, 1.82) is 0 Å². The van der Waals surface area contributed by atoms with Crippen LogP contribution in [0.1, 0.15) is 43.2 Å². The Morgan fingerprint density at radius 2 is 1.73 bits per heavy atom. The molecule has 2 aromatic carbocycles. The van der Waals surface area contributed by atoms with Crippen LogP contribution in [0.4, 0.5) is 9.18 Å². The van der Waals surface area contributed by atoms with Crippen molar-refractivity contribution in [3.05, 3.63) is 65.5 Å². The van der Waals surface area contributed by atoms with Crippen LogP contribution in [0.15, 0.2) is 48.5 Å². The Balaban J connectivity index is 1.31. The summed E-state index contributed by atoms with van der Waals surface area (Å²) in [4.78, 5) is 30.0. The van der Waals surface area contributed by atoms with E-state index in [1.165, 1.54) is 12.1 Å². The summed E-state index contributed by atoms with van der Waals surface area (Å²) in [7, 11) is 1.64. The highest BCUT2D eigenvalue weighted by molar-refractivity contribution is 5.89. The van der Waals surface area contributed by atoms with Crippen molar-refractivity contribution in [1.82, 2.24) is 9.80 Å². The lowest BCUT2D eigenvalue weighted by molar-refractivity contribution is -0.137. The van der Waals surface area contributed by atoms with Crippen LogP contribution in [0.5, 0.6) is 5.75 Å². The van der Waals surface area contributed by atoms with Gasteiger partial charge in [-0.15, -0.1) is 0 Å². The van der Waals surface area contributed by atoms with Gasteiger partial charge < -0.3 is 14.4 Å². The molecule has 3 aliphatic rings. The third kappa shape index (κ3) is 3.94. The first-order chi connectivity index (χ1) is 15.9. The number of halogens is 1. The summed E-state index contributed by atoms with van der Waals surface area (Å²) in [5.41, 5.74) is 0.689. The second kappa shape index (κ2) is 8.36. The van der Waals surface area contributed by atoms with Crippen molar-refractivity contribution in [3.63, 3.8) is 0 Å². The monoisotopic (exact) mass is 452 g/mol. The van der Waals surface area contributed by atoms with Gasteiger partial charge in [-0.2, -0.15) is 0 Å². The molecule has 7 heteroatoms. The van der Waals surface area contributed by atoms with E-state index in [0.29, 0.717) is 32.6 Å². The third-order valence-corrected chi connectivity index (χ3v) is 7.44. The Labute approximate surface area is 193 Å². The van der Waals surface area contributed by atoms with E-state index in [1.54, 1.807) is 24.1 Å². The molecule has 2 heterocycles. The number of amides is 2. The number of ether oxygens (including phenoxy) is 2. The Hall–Kier alpha value is -3.09. The zero-order chi connectivity index (χ0) is 23.1. The summed E-state index contributed by atoms with van der Waals surface area (Å²) in [6, 6.07) is 14.0. The first kappa shape index (κ1) is 21.7. The van der Waals surface area contributed by atoms with Crippen LogP contribution in [0, 0.1) is 5.82 Å². The number of hydrogen-bond donors (Lipinski definition) is 0. The van der Waals surface area contributed by atoms with Crippen molar-refractivity contribution in [3.8, 4) is 5.75 Å². The standard InChI is InChI=1S/C26H29FN2O4/c1-32-22-10-6-20(7-11-22)26(12-2-3-13-26)23(30)28-15-14-25(17-28)18-29(24(31)33-25)16-19-4-8-21(27)9-5-19/h4-11H,2-3,12-18H2,1H3. The van der Waals surface area contributed by atoms with E-state index in [2.05, 4.69) is 0 Å². The van der Waals surface area contributed by atoms with E-state index in [-0.39, 0.29) is 17.8 Å². The maximum Gasteiger partial charge on any atom is 0.410 e. The van der Waals surface area contributed by atoms with E-state index in [4.69, 9.17) is 9.47 Å². The van der Waals surface area contributed by atoms with Gasteiger partial charge >= 0.3 is 6.09 Å². The lowest BCUT2D eigenvalue weighted by Gasteiger charge is -2.33. The minimum Gasteiger partial charge on any atom is -0.497 e. The number of likely N-dealkylation sites (tertiary alicyclic amines) is 1. The average Bonchev–Trinajstić information content (AvgIpc) is 3.55. The van der Waals surface area contributed by atoms with Gasteiger partial charge in [0.05, 0.1) is 25.6 Å². The number of methoxy groups -OCH3 is 1. The fourth-order valence-electron chi connectivity index (χ4n) is 5.67. The number of hydrogen-bond acceptors (Lipinski definition) is 4. The van der Waals surface area contributed by atoms with Crippen molar-refractivity contribution >= 4 is 12.0 Å². The summed E-state index contributed by atoms with van der Waals surface area (Å²) in [5, 5.41) is 0. The number of nitrogens with zero attached hydrogens (tertiary/aromatic N) is 2. The molecular formula is C26H29FN2O4. The van der Waals surface area contributed by atoms with Crippen LogP contribution in [-0.4, -0.2) is 54.1 Å². The Morgan fingerprint density at radius 1 is 1.03 bits per heavy atom. The largest absolute Gasteiger partial charge is 0.497 e. The van der Waals surface area contributed by atoms with Gasteiger partial charge in [-0.25, -0.2) is 9.18 Å². The van der Waals surface area contributed by atoms with E-state index < -0.39 is 11.0 Å². The number of benzene rings is 2. The first-order valence-electron chi connectivity index (χ1n) is 11.6. The van der Waals surface area contributed by atoms with Crippen molar-refractivity contribution in [2.75, 3.05) is 26.7 Å². The van der Waals surface area contributed by atoms with Gasteiger partial charge in [-0.3, -0.25) is 9.69 Å². The molecule has 0 bridgehead atoms. The van der Waals surface area contributed by atoms with Gasteiger partial charge in [-0.1, -0.05) is 37.1 Å². The molecule has 2 amide bonds. The van der Waals surface area contributed by atoms with E-state index in [0.717, 1.165) is 42.6 Å². The first-order valence-corrected chi connectivity index (χ1v) is 11.6. The zero-order valence-corrected chi connectivity index (χ0v) is 18.9. The molecule has 0 radical (unpaired) electrons. The number of carbonyl (C=O) groups is 2. The normalized spacial score (nSPS) is 23.9. The smallest absolute Gasteiger partial charge is 0.410 e. The summed E-state index contributed by atoms with van der Waals surface area (Å²) >= 11 is 0. The number of rotatable bonds is 5. The van der Waals surface area contributed by atoms with Crippen LogP contribution >= 0.6 is 0 Å². The Kier molecular flexibility index (Phi) is 5.51. The van der Waals surface area contributed by atoms with Crippen LogP contribution in [-0.2, 0) is 21.5 Å². The quantitative estimate of drug-likeness (QED) is 0.680. The molecule has 6 nitrogen and oxygen atoms in total. The highest BCUT2D eigenvalue weighted by atomic mass is 19.1. The molecule has 5 rings (SSSR count). The fourth-order valence-corrected chi connectivity index (χ4v) is 5.67. The molecule has 2 aliphatic heterocycles. The van der Waals surface area contributed by atoms with Gasteiger partial charge in [0.1, 0.15) is 11.6 Å². The number of carbonyl (C=O) groups excluding carboxylic acids is 2. The molecule has 2 aromatic rings. The maximum absolute atomic E-state index is 13.9. The zero-order valence-electron chi connectivity index (χ0n) is 18.9. The van der Waals surface area contributed by atoms with Crippen LogP contribution < -0.4 is 4.74 Å². The molecular weight excluding hydrogens is 423 g/mol. The predicted molar refractivity (Wildman–Crippen MR) is 120 cm³/mol. The lowest BCUT2D eigenvalue weighted by Crippen LogP contribution is -2.47. The molecule has 3 fully saturated rings. The highest BCUT2D eigenvalue weighted by Gasteiger charge is 2.54. The molecule has 1 atom stereocenters. The summed E-state index contributed by atoms with van der Waals surface area (Å²) in [6.07, 6.45) is 3.97. The van der Waals surface area contributed by atoms with E-state index in [1.807, 2.05) is 29.2 Å². The van der Waals surface area contributed by atoms with Crippen molar-refractivity contribution < 1.29 is 23.5 Å². The molecule has 1 unspecified atom stereocenters. The Bertz CT molecular complexity index is 1030. The molecule has 1 aliphatic carbocycles. The average molecular weight is 453 g/mol. The lowest BCUT2D eigenvalue weighted by atomic mass is 9.77. The summed E-state index contributed by atoms with van der Waals surface area (Å²) < 4.78 is 24.3. The highest BCUT2D eigenvalue weighted by Crippen LogP contribution is 2.45. The SMILES string of the molecule is COc1ccc(C2(C(=O)N3CCC4(CN(Cc5ccc(F)cc5)C(=O)O4)C3)CCCC2)cc1. The molecule has 2 saturated heterocycles. The topological polar surface area (TPSA) is 59.1 Å². The van der Waals surface area contributed by atoms with E-state index in [9.17, 15) is 14.0 Å². The summed E-state index contributed by atoms with van der Waals surface area (Å²) in [6.45, 7) is 1.79. The molecule has 0 aromatic heterocycles. The van der Waals surface area contributed by atoms with Crippen molar-refractivity contribution in [2.24, 2.45) is 0 Å². The molecule has 1 spiro atoms. The van der Waals surface area contributed by atoms with Crippen LogP contribution in [0.25, 0.3) is 0 Å². The maximum atomic E-state index is 13.9. The molecule has 1 saturated carbocycles. The Morgan fingerprint density at radius 3 is 2.39 bits per heavy atom. The van der Waals surface area contributed by atoms with Crippen LogP contribution in [0.3, 0.4) is 0 Å². The minimum absolute atomic E-state index is 0.134. The fraction of sp³-hybridized carbons (Fsp3) is 0.462.